The number of aliphatic hydroxyl groups is 2. The van der Waals surface area contributed by atoms with Crippen molar-refractivity contribution in [1.82, 2.24) is 0 Å². The number of carbonyl (C=O) groups is 1. The number of hydrogen-bond donors (Lipinski definition) is 3. The van der Waals surface area contributed by atoms with Crippen molar-refractivity contribution in [3.8, 4) is 0 Å². The third kappa shape index (κ3) is 1.90. The Morgan fingerprint density at radius 3 is 2.50 bits per heavy atom. The molecule has 4 fully saturated rings. The monoisotopic (exact) mass is 336 g/mol. The molecule has 4 rings (SSSR count). The van der Waals surface area contributed by atoms with Crippen LogP contribution in [0.3, 0.4) is 0 Å². The lowest BCUT2D eigenvalue weighted by Gasteiger charge is -2.63. The molecular weight excluding hydrogens is 304 g/mol. The van der Waals surface area contributed by atoms with Crippen LogP contribution in [0, 0.1) is 34.0 Å². The number of carboxylic acid groups (broad SMARTS) is 1. The number of rotatable bonds is 2. The molecular formula is C20H32O4. The Labute approximate surface area is 144 Å². The number of fused-ring (bicyclic) bond motifs is 3. The van der Waals surface area contributed by atoms with E-state index in [2.05, 4.69) is 6.92 Å². The molecule has 136 valence electrons. The lowest BCUT2D eigenvalue weighted by atomic mass is 9.41. The molecule has 0 saturated heterocycles. The molecule has 0 radical (unpaired) electrons. The van der Waals surface area contributed by atoms with Crippen molar-refractivity contribution < 1.29 is 20.1 Å². The average Bonchev–Trinajstić information content (AvgIpc) is 2.73. The fourth-order valence-electron chi connectivity index (χ4n) is 8.06. The molecule has 4 heteroatoms. The van der Waals surface area contributed by atoms with Gasteiger partial charge in [-0.25, -0.2) is 0 Å². The fourth-order valence-corrected chi connectivity index (χ4v) is 8.06. The zero-order valence-electron chi connectivity index (χ0n) is 15.1. The minimum Gasteiger partial charge on any atom is -0.481 e. The molecule has 4 aliphatic carbocycles. The van der Waals surface area contributed by atoms with E-state index in [-0.39, 0.29) is 29.3 Å². The first-order chi connectivity index (χ1) is 11.2. The Balaban J connectivity index is 1.73. The predicted octanol–water partition coefficient (Wildman–Crippen LogP) is 3.21. The van der Waals surface area contributed by atoms with E-state index in [1.807, 2.05) is 6.92 Å². The van der Waals surface area contributed by atoms with Crippen LogP contribution < -0.4 is 0 Å². The van der Waals surface area contributed by atoms with E-state index < -0.39 is 17.0 Å². The van der Waals surface area contributed by atoms with Gasteiger partial charge < -0.3 is 15.3 Å². The number of carboxylic acids is 1. The van der Waals surface area contributed by atoms with Crippen LogP contribution in [-0.4, -0.2) is 33.5 Å². The van der Waals surface area contributed by atoms with Gasteiger partial charge in [-0.05, 0) is 86.9 Å². The highest BCUT2D eigenvalue weighted by atomic mass is 16.4. The van der Waals surface area contributed by atoms with Crippen LogP contribution >= 0.6 is 0 Å². The third-order valence-corrected chi connectivity index (χ3v) is 9.08. The highest BCUT2D eigenvalue weighted by Gasteiger charge is 2.68. The van der Waals surface area contributed by atoms with Gasteiger partial charge >= 0.3 is 5.97 Å². The van der Waals surface area contributed by atoms with Gasteiger partial charge in [0, 0.05) is 0 Å². The molecule has 24 heavy (non-hydrogen) atoms. The molecule has 4 nitrogen and oxygen atoms in total. The molecule has 3 N–H and O–H groups in total. The summed E-state index contributed by atoms with van der Waals surface area (Å²) in [6, 6.07) is 0. The third-order valence-electron chi connectivity index (χ3n) is 9.08. The molecule has 0 aliphatic heterocycles. The van der Waals surface area contributed by atoms with E-state index in [0.717, 1.165) is 57.8 Å². The minimum absolute atomic E-state index is 0.0648. The van der Waals surface area contributed by atoms with Gasteiger partial charge in [0.25, 0.3) is 0 Å². The predicted molar refractivity (Wildman–Crippen MR) is 90.3 cm³/mol. The van der Waals surface area contributed by atoms with Crippen LogP contribution in [0.25, 0.3) is 0 Å². The average molecular weight is 336 g/mol. The topological polar surface area (TPSA) is 77.8 Å². The largest absolute Gasteiger partial charge is 0.481 e. The van der Waals surface area contributed by atoms with Crippen LogP contribution in [-0.2, 0) is 4.79 Å². The zero-order chi connectivity index (χ0) is 17.4. The second-order valence-corrected chi connectivity index (χ2v) is 10.0. The first kappa shape index (κ1) is 16.8. The van der Waals surface area contributed by atoms with Gasteiger partial charge in [-0.15, -0.1) is 0 Å². The van der Waals surface area contributed by atoms with Crippen molar-refractivity contribution in [3.05, 3.63) is 0 Å². The first-order valence-corrected chi connectivity index (χ1v) is 9.77. The lowest BCUT2D eigenvalue weighted by Crippen LogP contribution is -2.58. The smallest absolute Gasteiger partial charge is 0.309 e. The van der Waals surface area contributed by atoms with Gasteiger partial charge in [0.05, 0.1) is 17.6 Å². The molecule has 4 aliphatic rings. The van der Waals surface area contributed by atoms with Crippen LogP contribution in [0.5, 0.6) is 0 Å². The molecule has 7 atom stereocenters. The maximum Gasteiger partial charge on any atom is 0.309 e. The van der Waals surface area contributed by atoms with E-state index in [9.17, 15) is 20.1 Å². The molecule has 0 amide bonds. The van der Waals surface area contributed by atoms with Crippen molar-refractivity contribution in [2.45, 2.75) is 77.2 Å². The van der Waals surface area contributed by atoms with E-state index in [4.69, 9.17) is 0 Å². The minimum atomic E-state index is -0.900. The Hall–Kier alpha value is -0.610. The van der Waals surface area contributed by atoms with E-state index >= 15 is 0 Å². The fraction of sp³-hybridized carbons (Fsp3) is 0.950. The van der Waals surface area contributed by atoms with Crippen LogP contribution in [0.1, 0.15) is 71.6 Å². The Bertz CT molecular complexity index is 562. The standard InChI is InChI=1S/C20H32O4/c1-17-7-3-8-18(2,16(22)23)14(17)6-9-19-10-13(4-5-15(17)19)20(24,11-19)12-21/h13-15,21,24H,3-12H2,1-2H3,(H,22,23)/t13-,14-,15-,17+,18+,19-,20-/m1/s1. The highest BCUT2D eigenvalue weighted by Crippen LogP contribution is 2.72. The lowest BCUT2D eigenvalue weighted by molar-refractivity contribution is -0.181. The summed E-state index contributed by atoms with van der Waals surface area (Å²) in [5.74, 6) is 0.348. The molecule has 0 aromatic rings. The maximum absolute atomic E-state index is 12.1. The Morgan fingerprint density at radius 2 is 1.83 bits per heavy atom. The SMILES string of the molecule is C[C@]12CCC[C@](C)(C(=O)O)[C@@H]1CC[C@]13C[C@@H](CC[C@@H]12)[C@](O)(CO)C3. The highest BCUT2D eigenvalue weighted by molar-refractivity contribution is 5.75. The van der Waals surface area contributed by atoms with Crippen molar-refractivity contribution in [2.24, 2.45) is 34.0 Å². The molecule has 0 aromatic carbocycles. The number of hydrogen-bond acceptors (Lipinski definition) is 3. The van der Waals surface area contributed by atoms with Gasteiger partial charge in [0.2, 0.25) is 0 Å². The summed E-state index contributed by atoms with van der Waals surface area (Å²) in [5, 5.41) is 30.6. The van der Waals surface area contributed by atoms with Crippen molar-refractivity contribution in [2.75, 3.05) is 6.61 Å². The quantitative estimate of drug-likeness (QED) is 0.723. The summed E-state index contributed by atoms with van der Waals surface area (Å²) in [6.45, 7) is 4.19. The molecule has 4 saturated carbocycles. The van der Waals surface area contributed by atoms with E-state index in [1.54, 1.807) is 0 Å². The van der Waals surface area contributed by atoms with Gasteiger partial charge in [-0.2, -0.15) is 0 Å². The summed E-state index contributed by atoms with van der Waals surface area (Å²) in [5.41, 5.74) is -1.31. The molecule has 0 unspecified atom stereocenters. The van der Waals surface area contributed by atoms with Crippen LogP contribution in [0.15, 0.2) is 0 Å². The normalized spacial score (nSPS) is 56.4. The number of aliphatic hydroxyl groups excluding tert-OH is 1. The van der Waals surface area contributed by atoms with Gasteiger partial charge in [-0.1, -0.05) is 13.3 Å². The Kier molecular flexibility index (Phi) is 3.49. The molecule has 0 aromatic heterocycles. The van der Waals surface area contributed by atoms with Gasteiger partial charge in [0.15, 0.2) is 0 Å². The molecule has 1 spiro atoms. The summed E-state index contributed by atoms with van der Waals surface area (Å²) < 4.78 is 0. The summed E-state index contributed by atoms with van der Waals surface area (Å²) in [4.78, 5) is 12.1. The van der Waals surface area contributed by atoms with Crippen LogP contribution in [0.4, 0.5) is 0 Å². The summed E-state index contributed by atoms with van der Waals surface area (Å²) >= 11 is 0. The van der Waals surface area contributed by atoms with E-state index in [0.29, 0.717) is 5.92 Å². The van der Waals surface area contributed by atoms with E-state index in [1.165, 1.54) is 0 Å². The van der Waals surface area contributed by atoms with Crippen molar-refractivity contribution in [3.63, 3.8) is 0 Å². The molecule has 2 bridgehead atoms. The number of aliphatic carboxylic acids is 1. The zero-order valence-corrected chi connectivity index (χ0v) is 15.1. The van der Waals surface area contributed by atoms with Crippen LogP contribution in [0.2, 0.25) is 0 Å². The second kappa shape index (κ2) is 4.97. The van der Waals surface area contributed by atoms with Gasteiger partial charge in [0.1, 0.15) is 0 Å². The summed E-state index contributed by atoms with van der Waals surface area (Å²) in [7, 11) is 0. The van der Waals surface area contributed by atoms with Crippen molar-refractivity contribution >= 4 is 5.97 Å². The first-order valence-electron chi connectivity index (χ1n) is 9.77. The molecule has 0 heterocycles. The second-order valence-electron chi connectivity index (χ2n) is 10.0. The van der Waals surface area contributed by atoms with Crippen molar-refractivity contribution in [1.29, 1.82) is 0 Å². The maximum atomic E-state index is 12.1. The summed E-state index contributed by atoms with van der Waals surface area (Å²) in [6.07, 6.45) is 8.73. The van der Waals surface area contributed by atoms with Gasteiger partial charge in [-0.3, -0.25) is 4.79 Å². The Morgan fingerprint density at radius 1 is 1.08 bits per heavy atom.